The molecule has 1 aromatic rings. The van der Waals surface area contributed by atoms with Crippen molar-refractivity contribution in [3.63, 3.8) is 0 Å². The summed E-state index contributed by atoms with van der Waals surface area (Å²) in [4.78, 5) is 0. The fourth-order valence-corrected chi connectivity index (χ4v) is 2.23. The van der Waals surface area contributed by atoms with Gasteiger partial charge in [-0.3, -0.25) is 0 Å². The van der Waals surface area contributed by atoms with E-state index in [1.54, 1.807) is 7.11 Å². The maximum Gasteiger partial charge on any atom is 0.0639 e. The van der Waals surface area contributed by atoms with Gasteiger partial charge in [0.2, 0.25) is 0 Å². The molecular weight excluding hydrogens is 289 g/mol. The first-order valence-corrected chi connectivity index (χ1v) is 6.29. The molecule has 0 atom stereocenters. The molecule has 16 heavy (non-hydrogen) atoms. The predicted octanol–water partition coefficient (Wildman–Crippen LogP) is 3.62. The number of rotatable bonds is 5. The summed E-state index contributed by atoms with van der Waals surface area (Å²) in [6, 6.07) is 5.82. The van der Waals surface area contributed by atoms with E-state index in [9.17, 15) is 0 Å². The number of ether oxygens (including phenoxy) is 1. The summed E-state index contributed by atoms with van der Waals surface area (Å²) in [6.45, 7) is 5.69. The number of methoxy groups -OCH3 is 1. The van der Waals surface area contributed by atoms with E-state index in [4.69, 9.17) is 16.3 Å². The van der Waals surface area contributed by atoms with Crippen LogP contribution in [0.15, 0.2) is 22.7 Å². The van der Waals surface area contributed by atoms with E-state index in [1.807, 2.05) is 18.2 Å². The smallest absolute Gasteiger partial charge is 0.0639 e. The number of halogens is 2. The molecule has 90 valence electrons. The molecule has 2 nitrogen and oxygen atoms in total. The highest BCUT2D eigenvalue weighted by molar-refractivity contribution is 9.10. The van der Waals surface area contributed by atoms with Crippen LogP contribution in [-0.4, -0.2) is 19.3 Å². The zero-order chi connectivity index (χ0) is 12.2. The van der Waals surface area contributed by atoms with E-state index in [2.05, 4.69) is 35.1 Å². The Bertz CT molecular complexity index is 355. The Balaban J connectivity index is 2.61. The second-order valence-electron chi connectivity index (χ2n) is 4.41. The molecule has 0 fully saturated rings. The monoisotopic (exact) mass is 305 g/mol. The lowest BCUT2D eigenvalue weighted by atomic mass is 10.1. The lowest BCUT2D eigenvalue weighted by Gasteiger charge is -2.25. The molecule has 4 heteroatoms. The summed E-state index contributed by atoms with van der Waals surface area (Å²) in [5.74, 6) is 0. The number of hydrogen-bond donors (Lipinski definition) is 1. The molecular formula is C12H17BrClNO. The fraction of sp³-hybridized carbons (Fsp3) is 0.500. The summed E-state index contributed by atoms with van der Waals surface area (Å²) in [7, 11) is 1.71. The van der Waals surface area contributed by atoms with E-state index in [0.717, 1.165) is 16.0 Å². The lowest BCUT2D eigenvalue weighted by molar-refractivity contribution is 0.127. The van der Waals surface area contributed by atoms with Crippen LogP contribution in [0.3, 0.4) is 0 Å². The first-order valence-electron chi connectivity index (χ1n) is 5.12. The van der Waals surface area contributed by atoms with E-state index >= 15 is 0 Å². The summed E-state index contributed by atoms with van der Waals surface area (Å²) in [5.41, 5.74) is 1.15. The highest BCUT2D eigenvalue weighted by atomic mass is 79.9. The third-order valence-corrected chi connectivity index (χ3v) is 3.25. The van der Waals surface area contributed by atoms with Crippen molar-refractivity contribution < 1.29 is 4.74 Å². The molecule has 0 amide bonds. The molecule has 1 aromatic carbocycles. The van der Waals surface area contributed by atoms with Gasteiger partial charge in [0.05, 0.1) is 6.61 Å². The Morgan fingerprint density at radius 3 is 2.69 bits per heavy atom. The minimum Gasteiger partial charge on any atom is -0.383 e. The third-order valence-electron chi connectivity index (χ3n) is 2.28. The minimum atomic E-state index is -0.0339. The van der Waals surface area contributed by atoms with Gasteiger partial charge in [-0.05, 0) is 31.5 Å². The second kappa shape index (κ2) is 6.01. The van der Waals surface area contributed by atoms with Crippen LogP contribution < -0.4 is 5.32 Å². The maximum atomic E-state index is 5.89. The van der Waals surface area contributed by atoms with Gasteiger partial charge in [0, 0.05) is 28.7 Å². The molecule has 0 spiro atoms. The van der Waals surface area contributed by atoms with Crippen LogP contribution in [0.1, 0.15) is 19.4 Å². The zero-order valence-corrected chi connectivity index (χ0v) is 12.2. The average Bonchev–Trinajstić information content (AvgIpc) is 2.16. The van der Waals surface area contributed by atoms with Gasteiger partial charge in [-0.25, -0.2) is 0 Å². The summed E-state index contributed by atoms with van der Waals surface area (Å²) in [5, 5.41) is 4.18. The van der Waals surface area contributed by atoms with Crippen LogP contribution in [-0.2, 0) is 11.3 Å². The van der Waals surface area contributed by atoms with Crippen molar-refractivity contribution in [3.05, 3.63) is 33.3 Å². The Kier molecular flexibility index (Phi) is 5.25. The quantitative estimate of drug-likeness (QED) is 0.897. The Morgan fingerprint density at radius 2 is 2.12 bits per heavy atom. The third kappa shape index (κ3) is 4.42. The number of nitrogens with one attached hydrogen (secondary N) is 1. The topological polar surface area (TPSA) is 21.3 Å². The zero-order valence-electron chi connectivity index (χ0n) is 9.81. The molecule has 0 unspecified atom stereocenters. The van der Waals surface area contributed by atoms with Gasteiger partial charge >= 0.3 is 0 Å². The fourth-order valence-electron chi connectivity index (χ4n) is 1.41. The first-order chi connectivity index (χ1) is 7.44. The van der Waals surface area contributed by atoms with E-state index in [1.165, 1.54) is 5.56 Å². The largest absolute Gasteiger partial charge is 0.383 e. The van der Waals surface area contributed by atoms with Crippen molar-refractivity contribution in [1.29, 1.82) is 0 Å². The van der Waals surface area contributed by atoms with E-state index in [-0.39, 0.29) is 5.54 Å². The van der Waals surface area contributed by atoms with Crippen LogP contribution >= 0.6 is 27.5 Å². The molecule has 1 N–H and O–H groups in total. The van der Waals surface area contributed by atoms with Crippen LogP contribution in [0.25, 0.3) is 0 Å². The van der Waals surface area contributed by atoms with E-state index < -0.39 is 0 Å². The summed E-state index contributed by atoms with van der Waals surface area (Å²) >= 11 is 9.38. The molecule has 1 rings (SSSR count). The molecule has 0 heterocycles. The van der Waals surface area contributed by atoms with Crippen molar-refractivity contribution in [2.75, 3.05) is 13.7 Å². The molecule has 0 aliphatic carbocycles. The van der Waals surface area contributed by atoms with Crippen LogP contribution in [0.2, 0.25) is 5.02 Å². The van der Waals surface area contributed by atoms with Gasteiger partial charge in [0.25, 0.3) is 0 Å². The molecule has 0 radical (unpaired) electrons. The number of hydrogen-bond acceptors (Lipinski definition) is 2. The van der Waals surface area contributed by atoms with Gasteiger partial charge in [0.15, 0.2) is 0 Å². The van der Waals surface area contributed by atoms with Crippen LogP contribution in [0.5, 0.6) is 0 Å². The van der Waals surface area contributed by atoms with Crippen LogP contribution in [0, 0.1) is 0 Å². The number of benzene rings is 1. The molecule has 0 saturated carbocycles. The Hall–Kier alpha value is -0.0900. The molecule has 0 bridgehead atoms. The predicted molar refractivity (Wildman–Crippen MR) is 71.9 cm³/mol. The lowest BCUT2D eigenvalue weighted by Crippen LogP contribution is -2.42. The molecule has 0 aliphatic heterocycles. The minimum absolute atomic E-state index is 0.0339. The molecule has 0 saturated heterocycles. The van der Waals surface area contributed by atoms with Gasteiger partial charge in [0.1, 0.15) is 0 Å². The van der Waals surface area contributed by atoms with Crippen molar-refractivity contribution in [3.8, 4) is 0 Å². The first kappa shape index (κ1) is 14.0. The van der Waals surface area contributed by atoms with Crippen LogP contribution in [0.4, 0.5) is 0 Å². The van der Waals surface area contributed by atoms with E-state index in [0.29, 0.717) is 6.61 Å². The highest BCUT2D eigenvalue weighted by Crippen LogP contribution is 2.21. The van der Waals surface area contributed by atoms with Crippen molar-refractivity contribution in [2.24, 2.45) is 0 Å². The van der Waals surface area contributed by atoms with Crippen molar-refractivity contribution in [1.82, 2.24) is 5.32 Å². The van der Waals surface area contributed by atoms with Gasteiger partial charge in [-0.15, -0.1) is 0 Å². The molecule has 0 aromatic heterocycles. The standard InChI is InChI=1S/C12H17BrClNO/c1-12(2,8-16-3)15-7-9-4-5-10(14)6-11(9)13/h4-6,15H,7-8H2,1-3H3. The molecule has 0 aliphatic rings. The Labute approximate surface area is 110 Å². The van der Waals surface area contributed by atoms with Gasteiger partial charge in [-0.2, -0.15) is 0 Å². The maximum absolute atomic E-state index is 5.89. The summed E-state index contributed by atoms with van der Waals surface area (Å²) in [6.07, 6.45) is 0. The highest BCUT2D eigenvalue weighted by Gasteiger charge is 2.16. The SMILES string of the molecule is COCC(C)(C)NCc1ccc(Cl)cc1Br. The normalized spacial score (nSPS) is 11.8. The van der Waals surface area contributed by atoms with Crippen molar-refractivity contribution in [2.45, 2.75) is 25.9 Å². The van der Waals surface area contributed by atoms with Gasteiger partial charge < -0.3 is 10.1 Å². The van der Waals surface area contributed by atoms with Gasteiger partial charge in [-0.1, -0.05) is 33.6 Å². The average molecular weight is 307 g/mol. The van der Waals surface area contributed by atoms with Crippen molar-refractivity contribution >= 4 is 27.5 Å². The second-order valence-corrected chi connectivity index (χ2v) is 5.70. The summed E-state index contributed by atoms with van der Waals surface area (Å²) < 4.78 is 6.18. The Morgan fingerprint density at radius 1 is 1.44 bits per heavy atom.